The Balaban J connectivity index is 2.11. The van der Waals surface area contributed by atoms with Gasteiger partial charge in [-0.2, -0.15) is 0 Å². The molecule has 3 N–H and O–H groups in total. The fourth-order valence-electron chi connectivity index (χ4n) is 2.70. The molecular formula is C14H19ClFN3O. The minimum atomic E-state index is -0.417. The summed E-state index contributed by atoms with van der Waals surface area (Å²) in [5, 5.41) is 11.9. The fraction of sp³-hybridized carbons (Fsp3) is 0.500. The van der Waals surface area contributed by atoms with E-state index >= 15 is 0 Å². The number of oxime groups is 1. The van der Waals surface area contributed by atoms with E-state index in [1.807, 2.05) is 0 Å². The molecule has 0 heterocycles. The molecule has 1 saturated carbocycles. The number of benzene rings is 1. The summed E-state index contributed by atoms with van der Waals surface area (Å²) in [5.41, 5.74) is 6.55. The van der Waals surface area contributed by atoms with Crippen molar-refractivity contribution in [2.24, 2.45) is 10.9 Å². The third-order valence-corrected chi connectivity index (χ3v) is 3.99. The van der Waals surface area contributed by atoms with Gasteiger partial charge in [0.05, 0.1) is 11.6 Å². The lowest BCUT2D eigenvalue weighted by Crippen LogP contribution is -2.39. The number of nitrogens with two attached hydrogens (primary N) is 1. The molecule has 0 amide bonds. The molecule has 0 aliphatic heterocycles. The summed E-state index contributed by atoms with van der Waals surface area (Å²) in [7, 11) is 0. The number of amidine groups is 1. The van der Waals surface area contributed by atoms with Gasteiger partial charge in [-0.15, -0.1) is 0 Å². The molecule has 1 aromatic rings. The Labute approximate surface area is 123 Å². The first-order valence-electron chi connectivity index (χ1n) is 6.74. The van der Waals surface area contributed by atoms with Crippen molar-refractivity contribution in [2.75, 3.05) is 6.54 Å². The van der Waals surface area contributed by atoms with E-state index < -0.39 is 5.82 Å². The Morgan fingerprint density at radius 3 is 2.75 bits per heavy atom. The van der Waals surface area contributed by atoms with Crippen molar-refractivity contribution in [1.29, 1.82) is 0 Å². The summed E-state index contributed by atoms with van der Waals surface area (Å²) in [6, 6.07) is 5.13. The Bertz CT molecular complexity index is 489. The van der Waals surface area contributed by atoms with Crippen LogP contribution in [0.25, 0.3) is 0 Å². The second kappa shape index (κ2) is 6.90. The Kier molecular flexibility index (Phi) is 5.20. The van der Waals surface area contributed by atoms with Gasteiger partial charge in [0.15, 0.2) is 5.84 Å². The summed E-state index contributed by atoms with van der Waals surface area (Å²) < 4.78 is 13.2. The monoisotopic (exact) mass is 299 g/mol. The van der Waals surface area contributed by atoms with Gasteiger partial charge in [0.25, 0.3) is 0 Å². The van der Waals surface area contributed by atoms with Gasteiger partial charge in [0.2, 0.25) is 0 Å². The van der Waals surface area contributed by atoms with Crippen LogP contribution in [0.4, 0.5) is 4.39 Å². The van der Waals surface area contributed by atoms with Gasteiger partial charge >= 0.3 is 0 Å². The highest BCUT2D eigenvalue weighted by Gasteiger charge is 2.23. The summed E-state index contributed by atoms with van der Waals surface area (Å²) in [6.45, 7) is 1.01. The van der Waals surface area contributed by atoms with Crippen molar-refractivity contribution in [2.45, 2.75) is 38.3 Å². The maximum absolute atomic E-state index is 13.2. The summed E-state index contributed by atoms with van der Waals surface area (Å²) in [5.74, 6) is -0.232. The van der Waals surface area contributed by atoms with E-state index in [0.29, 0.717) is 19.1 Å². The van der Waals surface area contributed by atoms with Crippen LogP contribution in [0.1, 0.15) is 31.2 Å². The van der Waals surface area contributed by atoms with Gasteiger partial charge in [-0.3, -0.25) is 4.90 Å². The van der Waals surface area contributed by atoms with Gasteiger partial charge in [-0.1, -0.05) is 35.7 Å². The van der Waals surface area contributed by atoms with E-state index in [4.69, 9.17) is 22.5 Å². The van der Waals surface area contributed by atoms with Gasteiger partial charge in [-0.25, -0.2) is 4.39 Å². The molecule has 0 unspecified atom stereocenters. The third-order valence-electron chi connectivity index (χ3n) is 3.70. The molecule has 20 heavy (non-hydrogen) atoms. The molecule has 2 rings (SSSR count). The predicted molar refractivity (Wildman–Crippen MR) is 77.5 cm³/mol. The highest BCUT2D eigenvalue weighted by Crippen LogP contribution is 2.25. The van der Waals surface area contributed by atoms with Crippen LogP contribution < -0.4 is 5.73 Å². The molecule has 1 fully saturated rings. The van der Waals surface area contributed by atoms with Crippen molar-refractivity contribution in [3.63, 3.8) is 0 Å². The van der Waals surface area contributed by atoms with Crippen LogP contribution in [0, 0.1) is 5.82 Å². The molecule has 0 spiro atoms. The first kappa shape index (κ1) is 15.1. The lowest BCUT2D eigenvalue weighted by atomic mass is 10.1. The van der Waals surface area contributed by atoms with Crippen molar-refractivity contribution in [3.05, 3.63) is 34.6 Å². The molecule has 0 saturated heterocycles. The van der Waals surface area contributed by atoms with Crippen molar-refractivity contribution in [1.82, 2.24) is 4.90 Å². The molecular weight excluding hydrogens is 281 g/mol. The largest absolute Gasteiger partial charge is 0.409 e. The highest BCUT2D eigenvalue weighted by molar-refractivity contribution is 6.30. The first-order chi connectivity index (χ1) is 9.60. The Hall–Kier alpha value is -1.33. The van der Waals surface area contributed by atoms with Gasteiger partial charge in [0, 0.05) is 12.6 Å². The smallest absolute Gasteiger partial charge is 0.153 e. The predicted octanol–water partition coefficient (Wildman–Crippen LogP) is 2.97. The zero-order valence-corrected chi connectivity index (χ0v) is 12.0. The standard InChI is InChI=1S/C14H19ClFN3O/c15-12-7-10(5-6-13(12)16)8-19(9-14(17)18-20)11-3-1-2-4-11/h5-7,11,20H,1-4,8-9H2,(H2,17,18). The summed E-state index contributed by atoms with van der Waals surface area (Å²) in [4.78, 5) is 2.16. The SMILES string of the molecule is N/C(CN(Cc1ccc(F)c(Cl)c1)C1CCCC1)=N/O. The molecule has 0 bridgehead atoms. The van der Waals surface area contributed by atoms with Crippen LogP contribution in [0.3, 0.4) is 0 Å². The second-order valence-electron chi connectivity index (χ2n) is 5.18. The lowest BCUT2D eigenvalue weighted by molar-refractivity contribution is 0.214. The van der Waals surface area contributed by atoms with E-state index in [-0.39, 0.29) is 10.9 Å². The average Bonchev–Trinajstić information content (AvgIpc) is 2.96. The molecule has 4 nitrogen and oxygen atoms in total. The fourth-order valence-corrected chi connectivity index (χ4v) is 2.90. The van der Waals surface area contributed by atoms with Crippen molar-refractivity contribution >= 4 is 17.4 Å². The molecule has 6 heteroatoms. The Morgan fingerprint density at radius 1 is 1.45 bits per heavy atom. The third kappa shape index (κ3) is 3.84. The molecule has 1 aliphatic rings. The van der Waals surface area contributed by atoms with Crippen LogP contribution in [0.2, 0.25) is 5.02 Å². The van der Waals surface area contributed by atoms with E-state index in [1.165, 1.54) is 18.9 Å². The lowest BCUT2D eigenvalue weighted by Gasteiger charge is -2.28. The van der Waals surface area contributed by atoms with E-state index in [1.54, 1.807) is 12.1 Å². The number of rotatable bonds is 5. The summed E-state index contributed by atoms with van der Waals surface area (Å²) in [6.07, 6.45) is 4.60. The van der Waals surface area contributed by atoms with Gasteiger partial charge in [-0.05, 0) is 30.5 Å². The molecule has 0 aromatic heterocycles. The minimum absolute atomic E-state index is 0.123. The zero-order valence-electron chi connectivity index (χ0n) is 11.2. The number of hydrogen-bond acceptors (Lipinski definition) is 3. The molecule has 110 valence electrons. The van der Waals surface area contributed by atoms with Crippen LogP contribution in [-0.2, 0) is 6.54 Å². The second-order valence-corrected chi connectivity index (χ2v) is 5.59. The van der Waals surface area contributed by atoms with Crippen LogP contribution in [0.15, 0.2) is 23.4 Å². The topological polar surface area (TPSA) is 61.8 Å². The first-order valence-corrected chi connectivity index (χ1v) is 7.12. The summed E-state index contributed by atoms with van der Waals surface area (Å²) >= 11 is 5.81. The number of hydrogen-bond donors (Lipinski definition) is 2. The zero-order chi connectivity index (χ0) is 14.5. The van der Waals surface area contributed by atoms with Crippen LogP contribution >= 0.6 is 11.6 Å². The maximum Gasteiger partial charge on any atom is 0.153 e. The molecule has 0 atom stereocenters. The van der Waals surface area contributed by atoms with Gasteiger partial charge in [0.1, 0.15) is 5.82 Å². The van der Waals surface area contributed by atoms with Gasteiger partial charge < -0.3 is 10.9 Å². The van der Waals surface area contributed by atoms with Crippen molar-refractivity contribution < 1.29 is 9.60 Å². The normalized spacial score (nSPS) is 17.1. The van der Waals surface area contributed by atoms with E-state index in [2.05, 4.69) is 10.1 Å². The quantitative estimate of drug-likeness (QED) is 0.380. The van der Waals surface area contributed by atoms with Crippen LogP contribution in [0.5, 0.6) is 0 Å². The minimum Gasteiger partial charge on any atom is -0.409 e. The number of nitrogens with zero attached hydrogens (tertiary/aromatic N) is 2. The highest BCUT2D eigenvalue weighted by atomic mass is 35.5. The number of halogens is 2. The van der Waals surface area contributed by atoms with Crippen LogP contribution in [-0.4, -0.2) is 28.5 Å². The van der Waals surface area contributed by atoms with E-state index in [9.17, 15) is 4.39 Å². The molecule has 1 aromatic carbocycles. The maximum atomic E-state index is 13.2. The van der Waals surface area contributed by atoms with Crippen molar-refractivity contribution in [3.8, 4) is 0 Å². The Morgan fingerprint density at radius 2 is 2.15 bits per heavy atom. The average molecular weight is 300 g/mol. The molecule has 0 radical (unpaired) electrons. The van der Waals surface area contributed by atoms with E-state index in [0.717, 1.165) is 18.4 Å². The molecule has 1 aliphatic carbocycles.